The van der Waals surface area contributed by atoms with Gasteiger partial charge in [-0.3, -0.25) is 0 Å². The second kappa shape index (κ2) is 3.24. The average molecular weight is 203 g/mol. The zero-order chi connectivity index (χ0) is 10.3. The lowest BCUT2D eigenvalue weighted by Gasteiger charge is -2.16. The summed E-state index contributed by atoms with van der Waals surface area (Å²) in [6.45, 7) is 1.87. The van der Waals surface area contributed by atoms with Crippen LogP contribution in [0, 0.1) is 0 Å². The van der Waals surface area contributed by atoms with Crippen molar-refractivity contribution in [2.75, 3.05) is 18.0 Å². The molecule has 1 unspecified atom stereocenters. The van der Waals surface area contributed by atoms with Crippen molar-refractivity contribution in [2.45, 2.75) is 12.5 Å². The fraction of sp³-hybridized carbons (Fsp3) is 0.364. The third kappa shape index (κ3) is 1.37. The van der Waals surface area contributed by atoms with E-state index >= 15 is 0 Å². The van der Waals surface area contributed by atoms with Gasteiger partial charge in [-0.2, -0.15) is 0 Å². The topological polar surface area (TPSA) is 55.3 Å². The van der Waals surface area contributed by atoms with Crippen LogP contribution in [-0.4, -0.2) is 24.1 Å². The molecule has 0 spiro atoms. The largest absolute Gasteiger partial charge is 0.464 e. The normalized spacial score (nSPS) is 21.4. The minimum absolute atomic E-state index is 0.272. The third-order valence-corrected chi connectivity index (χ3v) is 2.88. The van der Waals surface area contributed by atoms with Gasteiger partial charge >= 0.3 is 0 Å². The van der Waals surface area contributed by atoms with E-state index in [-0.39, 0.29) is 6.04 Å². The standard InChI is InChI=1S/C11H13N3O/c12-8-2-5-14(7-8)11-9-3-6-15-10(9)1-4-13-11/h1,3-4,6,8H,2,5,7,12H2. The molecule has 2 aromatic heterocycles. The first-order valence-corrected chi connectivity index (χ1v) is 5.17. The van der Waals surface area contributed by atoms with Gasteiger partial charge in [-0.05, 0) is 18.6 Å². The maximum Gasteiger partial charge on any atom is 0.139 e. The monoisotopic (exact) mass is 203 g/mol. The number of fused-ring (bicyclic) bond motifs is 1. The third-order valence-electron chi connectivity index (χ3n) is 2.88. The van der Waals surface area contributed by atoms with Crippen molar-refractivity contribution in [1.82, 2.24) is 4.98 Å². The number of aromatic nitrogens is 1. The highest BCUT2D eigenvalue weighted by molar-refractivity contribution is 5.88. The SMILES string of the molecule is NC1CCN(c2nccc3occc23)C1. The molecule has 2 N–H and O–H groups in total. The van der Waals surface area contributed by atoms with Crippen LogP contribution in [0.4, 0.5) is 5.82 Å². The Bertz CT molecular complexity index is 479. The summed E-state index contributed by atoms with van der Waals surface area (Å²) in [5, 5.41) is 1.08. The van der Waals surface area contributed by atoms with Gasteiger partial charge in [0.15, 0.2) is 0 Å². The molecule has 0 aromatic carbocycles. The molecule has 0 radical (unpaired) electrons. The molecule has 78 valence electrons. The van der Waals surface area contributed by atoms with Crippen LogP contribution in [0.25, 0.3) is 11.0 Å². The predicted molar refractivity (Wildman–Crippen MR) is 58.8 cm³/mol. The Hall–Kier alpha value is -1.55. The number of anilines is 1. The summed E-state index contributed by atoms with van der Waals surface area (Å²) in [7, 11) is 0. The van der Waals surface area contributed by atoms with Crippen molar-refractivity contribution in [3.05, 3.63) is 24.6 Å². The Morgan fingerprint density at radius 1 is 1.47 bits per heavy atom. The van der Waals surface area contributed by atoms with Crippen molar-refractivity contribution >= 4 is 16.8 Å². The van der Waals surface area contributed by atoms with E-state index in [9.17, 15) is 0 Å². The van der Waals surface area contributed by atoms with Crippen molar-refractivity contribution in [2.24, 2.45) is 5.73 Å². The highest BCUT2D eigenvalue weighted by Gasteiger charge is 2.22. The zero-order valence-electron chi connectivity index (χ0n) is 8.39. The molecule has 0 amide bonds. The minimum atomic E-state index is 0.272. The molecule has 0 aliphatic carbocycles. The second-order valence-corrected chi connectivity index (χ2v) is 3.96. The molecule has 3 heterocycles. The summed E-state index contributed by atoms with van der Waals surface area (Å²) < 4.78 is 5.35. The Labute approximate surface area is 87.7 Å². The molecule has 15 heavy (non-hydrogen) atoms. The van der Waals surface area contributed by atoms with Crippen molar-refractivity contribution in [3.8, 4) is 0 Å². The summed E-state index contributed by atoms with van der Waals surface area (Å²) >= 11 is 0. The molecular formula is C11H13N3O. The van der Waals surface area contributed by atoms with Crippen molar-refractivity contribution < 1.29 is 4.42 Å². The van der Waals surface area contributed by atoms with Crippen molar-refractivity contribution in [1.29, 1.82) is 0 Å². The Kier molecular flexibility index (Phi) is 1.89. The number of rotatable bonds is 1. The fourth-order valence-electron chi connectivity index (χ4n) is 2.11. The number of furan rings is 1. The van der Waals surface area contributed by atoms with Gasteiger partial charge in [0, 0.05) is 25.3 Å². The number of hydrogen-bond donors (Lipinski definition) is 1. The van der Waals surface area contributed by atoms with E-state index < -0.39 is 0 Å². The van der Waals surface area contributed by atoms with Gasteiger partial charge in [0.1, 0.15) is 11.4 Å². The maximum atomic E-state index is 5.89. The van der Waals surface area contributed by atoms with Crippen LogP contribution in [-0.2, 0) is 0 Å². The van der Waals surface area contributed by atoms with Crippen LogP contribution in [0.2, 0.25) is 0 Å². The van der Waals surface area contributed by atoms with E-state index in [4.69, 9.17) is 10.2 Å². The van der Waals surface area contributed by atoms with Gasteiger partial charge in [-0.25, -0.2) is 4.98 Å². The minimum Gasteiger partial charge on any atom is -0.464 e. The summed E-state index contributed by atoms with van der Waals surface area (Å²) in [4.78, 5) is 6.63. The molecular weight excluding hydrogens is 190 g/mol. The van der Waals surface area contributed by atoms with Crippen LogP contribution in [0.3, 0.4) is 0 Å². The molecule has 1 atom stereocenters. The lowest BCUT2D eigenvalue weighted by molar-refractivity contribution is 0.615. The van der Waals surface area contributed by atoms with E-state index in [1.807, 2.05) is 12.1 Å². The number of pyridine rings is 1. The van der Waals surface area contributed by atoms with E-state index in [1.165, 1.54) is 0 Å². The first kappa shape index (κ1) is 8.73. The fourth-order valence-corrected chi connectivity index (χ4v) is 2.11. The van der Waals surface area contributed by atoms with Crippen LogP contribution in [0.5, 0.6) is 0 Å². The molecule has 1 fully saturated rings. The predicted octanol–water partition coefficient (Wildman–Crippen LogP) is 1.37. The van der Waals surface area contributed by atoms with Gasteiger partial charge in [0.05, 0.1) is 11.6 Å². The summed E-state index contributed by atoms with van der Waals surface area (Å²) in [5.74, 6) is 0.995. The van der Waals surface area contributed by atoms with Gasteiger partial charge in [0.25, 0.3) is 0 Å². The van der Waals surface area contributed by atoms with Gasteiger partial charge in [-0.15, -0.1) is 0 Å². The lowest BCUT2D eigenvalue weighted by Crippen LogP contribution is -2.26. The molecule has 4 heteroatoms. The van der Waals surface area contributed by atoms with Gasteiger partial charge in [0.2, 0.25) is 0 Å². The van der Waals surface area contributed by atoms with Gasteiger partial charge < -0.3 is 15.1 Å². The van der Waals surface area contributed by atoms with Crippen molar-refractivity contribution in [3.63, 3.8) is 0 Å². The van der Waals surface area contributed by atoms with Crippen LogP contribution in [0.1, 0.15) is 6.42 Å². The Balaban J connectivity index is 2.06. The van der Waals surface area contributed by atoms with E-state index in [1.54, 1.807) is 12.5 Å². The molecule has 4 nitrogen and oxygen atoms in total. The lowest BCUT2D eigenvalue weighted by atomic mass is 10.3. The highest BCUT2D eigenvalue weighted by atomic mass is 16.3. The van der Waals surface area contributed by atoms with E-state index in [2.05, 4.69) is 9.88 Å². The second-order valence-electron chi connectivity index (χ2n) is 3.96. The molecule has 1 aliphatic rings. The number of hydrogen-bond acceptors (Lipinski definition) is 4. The van der Waals surface area contributed by atoms with Crippen LogP contribution < -0.4 is 10.6 Å². The van der Waals surface area contributed by atoms with Gasteiger partial charge in [-0.1, -0.05) is 0 Å². The smallest absolute Gasteiger partial charge is 0.139 e. The summed E-state index contributed by atoms with van der Waals surface area (Å²) in [6.07, 6.45) is 4.52. The van der Waals surface area contributed by atoms with Crippen LogP contribution in [0.15, 0.2) is 29.0 Å². The average Bonchev–Trinajstić information content (AvgIpc) is 2.84. The van der Waals surface area contributed by atoms with Crippen LogP contribution >= 0.6 is 0 Å². The molecule has 1 aliphatic heterocycles. The summed E-state index contributed by atoms with van der Waals surface area (Å²) in [6, 6.07) is 4.12. The molecule has 2 aromatic rings. The molecule has 0 bridgehead atoms. The zero-order valence-corrected chi connectivity index (χ0v) is 8.39. The molecule has 1 saturated heterocycles. The molecule has 3 rings (SSSR count). The quantitative estimate of drug-likeness (QED) is 0.760. The number of nitrogens with two attached hydrogens (primary N) is 1. The highest BCUT2D eigenvalue weighted by Crippen LogP contribution is 2.27. The Morgan fingerprint density at radius 2 is 2.40 bits per heavy atom. The van der Waals surface area contributed by atoms with E-state index in [0.717, 1.165) is 36.3 Å². The molecule has 0 saturated carbocycles. The first-order chi connectivity index (χ1) is 7.34. The maximum absolute atomic E-state index is 5.89. The van der Waals surface area contributed by atoms with E-state index in [0.29, 0.717) is 0 Å². The first-order valence-electron chi connectivity index (χ1n) is 5.17. The summed E-state index contributed by atoms with van der Waals surface area (Å²) in [5.41, 5.74) is 6.78. The Morgan fingerprint density at radius 3 is 3.20 bits per heavy atom. The number of nitrogens with zero attached hydrogens (tertiary/aromatic N) is 2.